The normalized spacial score (nSPS) is 32.2. The molecular weight excluding hydrogens is 540 g/mol. The average molecular weight is 611 g/mol. The SMILES string of the molecule is CC1CC(C(C)(C)C)CC1[C@@H](c1ccc(C(C)(C)C)cc1)C1C2C=CC(C(C)(C)C)=CC2C2C=C(C(C)(C)C)C=CC21.CCC. The molecule has 45 heavy (non-hydrogen) atoms. The van der Waals surface area contributed by atoms with E-state index in [-0.39, 0.29) is 16.2 Å². The summed E-state index contributed by atoms with van der Waals surface area (Å²) in [7, 11) is 0. The van der Waals surface area contributed by atoms with Gasteiger partial charge in [0.15, 0.2) is 0 Å². The largest absolute Gasteiger partial charge is 0.0802 e. The van der Waals surface area contributed by atoms with Gasteiger partial charge in [0.2, 0.25) is 0 Å². The van der Waals surface area contributed by atoms with Crippen LogP contribution in [0.1, 0.15) is 140 Å². The van der Waals surface area contributed by atoms with Crippen LogP contribution in [0, 0.1) is 63.6 Å². The minimum absolute atomic E-state index is 0.177. The van der Waals surface area contributed by atoms with Gasteiger partial charge in [0, 0.05) is 0 Å². The summed E-state index contributed by atoms with van der Waals surface area (Å²) in [5.41, 5.74) is 7.00. The third kappa shape index (κ3) is 7.68. The van der Waals surface area contributed by atoms with Crippen LogP contribution in [0.15, 0.2) is 71.9 Å². The Kier molecular flexibility index (Phi) is 10.4. The van der Waals surface area contributed by atoms with E-state index in [2.05, 4.69) is 165 Å². The molecule has 0 nitrogen and oxygen atoms in total. The van der Waals surface area contributed by atoms with Gasteiger partial charge in [0.25, 0.3) is 0 Å². The van der Waals surface area contributed by atoms with Gasteiger partial charge in [-0.15, -0.1) is 0 Å². The molecule has 0 saturated heterocycles. The zero-order valence-electron chi connectivity index (χ0n) is 32.1. The van der Waals surface area contributed by atoms with Gasteiger partial charge in [-0.1, -0.05) is 171 Å². The predicted molar refractivity (Wildman–Crippen MR) is 199 cm³/mol. The predicted octanol–water partition coefficient (Wildman–Crippen LogP) is 13.4. The zero-order valence-corrected chi connectivity index (χ0v) is 32.1. The maximum absolute atomic E-state index is 2.72. The van der Waals surface area contributed by atoms with E-state index in [1.807, 2.05) is 0 Å². The van der Waals surface area contributed by atoms with E-state index in [1.54, 1.807) is 5.56 Å². The van der Waals surface area contributed by atoms with Gasteiger partial charge in [-0.3, -0.25) is 0 Å². The Morgan fingerprint density at radius 1 is 0.622 bits per heavy atom. The van der Waals surface area contributed by atoms with Crippen LogP contribution in [0.2, 0.25) is 0 Å². The van der Waals surface area contributed by atoms with E-state index in [4.69, 9.17) is 0 Å². The van der Waals surface area contributed by atoms with Crippen molar-refractivity contribution in [1.82, 2.24) is 0 Å². The first-order valence-corrected chi connectivity index (χ1v) is 18.6. The van der Waals surface area contributed by atoms with Gasteiger partial charge in [-0.05, 0) is 110 Å². The molecule has 8 atom stereocenters. The van der Waals surface area contributed by atoms with Gasteiger partial charge in [-0.25, -0.2) is 0 Å². The second-order valence-electron chi connectivity index (χ2n) is 19.6. The Morgan fingerprint density at radius 3 is 1.42 bits per heavy atom. The van der Waals surface area contributed by atoms with Crippen LogP contribution in [0.3, 0.4) is 0 Å². The molecule has 0 spiro atoms. The minimum atomic E-state index is 0.177. The Bertz CT molecular complexity index is 1210. The molecule has 1 aromatic rings. The van der Waals surface area contributed by atoms with E-state index in [1.165, 1.54) is 36.0 Å². The molecule has 0 N–H and O–H groups in total. The molecule has 0 amide bonds. The van der Waals surface area contributed by atoms with Crippen LogP contribution in [-0.2, 0) is 5.41 Å². The molecular formula is C45H70. The molecule has 0 aromatic heterocycles. The summed E-state index contributed by atoms with van der Waals surface area (Å²) in [5.74, 6) is 5.79. The maximum Gasteiger partial charge on any atom is -0.00909 e. The summed E-state index contributed by atoms with van der Waals surface area (Å²) >= 11 is 0. The lowest BCUT2D eigenvalue weighted by molar-refractivity contribution is 0.195. The molecule has 0 heterocycles. The van der Waals surface area contributed by atoms with Crippen LogP contribution in [-0.4, -0.2) is 0 Å². The summed E-state index contributed by atoms with van der Waals surface area (Å²) in [5, 5.41) is 0. The first-order valence-electron chi connectivity index (χ1n) is 18.6. The lowest BCUT2D eigenvalue weighted by atomic mass is 9.64. The second kappa shape index (κ2) is 13.0. The van der Waals surface area contributed by atoms with Crippen molar-refractivity contribution in [2.75, 3.05) is 0 Å². The zero-order chi connectivity index (χ0) is 33.7. The molecule has 0 radical (unpaired) electrons. The van der Waals surface area contributed by atoms with Gasteiger partial charge < -0.3 is 0 Å². The first-order chi connectivity index (χ1) is 20.7. The molecule has 0 aliphatic heterocycles. The molecule has 0 bridgehead atoms. The summed E-state index contributed by atoms with van der Waals surface area (Å²) in [6, 6.07) is 9.98. The minimum Gasteiger partial charge on any atom is -0.0802 e. The highest BCUT2D eigenvalue weighted by Gasteiger charge is 2.55. The number of hydrogen-bond donors (Lipinski definition) is 0. The lowest BCUT2D eigenvalue weighted by Gasteiger charge is -2.40. The quantitative estimate of drug-likeness (QED) is 0.319. The first kappa shape index (κ1) is 36.0. The van der Waals surface area contributed by atoms with Crippen molar-refractivity contribution in [3.8, 4) is 0 Å². The van der Waals surface area contributed by atoms with Crippen molar-refractivity contribution in [3.63, 3.8) is 0 Å². The molecule has 2 fully saturated rings. The van der Waals surface area contributed by atoms with Crippen molar-refractivity contribution >= 4 is 0 Å². The molecule has 2 saturated carbocycles. The molecule has 7 unspecified atom stereocenters. The number of rotatable bonds is 3. The van der Waals surface area contributed by atoms with Crippen molar-refractivity contribution < 1.29 is 0 Å². The third-order valence-corrected chi connectivity index (χ3v) is 11.9. The van der Waals surface area contributed by atoms with Crippen LogP contribution < -0.4 is 0 Å². The number of benzene rings is 1. The van der Waals surface area contributed by atoms with E-state index >= 15 is 0 Å². The second-order valence-corrected chi connectivity index (χ2v) is 19.6. The maximum atomic E-state index is 2.72. The van der Waals surface area contributed by atoms with Crippen molar-refractivity contribution in [2.45, 2.75) is 134 Å². The van der Waals surface area contributed by atoms with Crippen LogP contribution in [0.4, 0.5) is 0 Å². The topological polar surface area (TPSA) is 0 Å². The van der Waals surface area contributed by atoms with Gasteiger partial charge >= 0.3 is 0 Å². The Labute approximate surface area is 280 Å². The van der Waals surface area contributed by atoms with Crippen molar-refractivity contribution in [2.24, 2.45) is 63.6 Å². The third-order valence-electron chi connectivity index (χ3n) is 11.9. The van der Waals surface area contributed by atoms with Gasteiger partial charge in [0.05, 0.1) is 0 Å². The van der Waals surface area contributed by atoms with E-state index < -0.39 is 0 Å². The number of allylic oxidation sites excluding steroid dienone is 8. The summed E-state index contributed by atoms with van der Waals surface area (Å²) < 4.78 is 0. The smallest absolute Gasteiger partial charge is 0.00909 e. The van der Waals surface area contributed by atoms with E-state index in [0.29, 0.717) is 40.9 Å². The molecule has 250 valence electrons. The fourth-order valence-corrected chi connectivity index (χ4v) is 9.12. The van der Waals surface area contributed by atoms with Crippen molar-refractivity contribution in [3.05, 3.63) is 83.0 Å². The van der Waals surface area contributed by atoms with Crippen LogP contribution in [0.5, 0.6) is 0 Å². The number of fused-ring (bicyclic) bond motifs is 3. The molecule has 1 aromatic carbocycles. The van der Waals surface area contributed by atoms with Gasteiger partial charge in [-0.2, -0.15) is 0 Å². The molecule has 4 aliphatic rings. The lowest BCUT2D eigenvalue weighted by Crippen LogP contribution is -2.31. The van der Waals surface area contributed by atoms with Crippen LogP contribution >= 0.6 is 0 Å². The monoisotopic (exact) mass is 611 g/mol. The Morgan fingerprint density at radius 2 is 1.07 bits per heavy atom. The summed E-state index contributed by atoms with van der Waals surface area (Å²) in [4.78, 5) is 0. The highest BCUT2D eigenvalue weighted by Crippen LogP contribution is 2.62. The standard InChI is InChI=1S/C42H62.C3H8/c1-26-22-31(42(11,12)13)25-34(26)37(27-14-16-28(17-15-27)39(2,3)4)38-32-20-18-29(40(5,6)7)23-35(32)36-24-30(41(8,9)10)19-21-33(36)38;1-3-2/h14-21,23-24,26,31-38H,22,25H2,1-13H3;3H2,1-2H3/t26?,31?,32?,33?,34?,35?,36?,37-,38?;/m1./s1. The highest BCUT2D eigenvalue weighted by molar-refractivity contribution is 5.41. The van der Waals surface area contributed by atoms with Crippen LogP contribution in [0.25, 0.3) is 0 Å². The average Bonchev–Trinajstić information content (AvgIpc) is 3.46. The fourth-order valence-electron chi connectivity index (χ4n) is 9.12. The number of hydrogen-bond acceptors (Lipinski definition) is 0. The Balaban J connectivity index is 0.00000148. The van der Waals surface area contributed by atoms with E-state index in [0.717, 1.165) is 17.8 Å². The molecule has 5 rings (SSSR count). The Hall–Kier alpha value is -1.82. The highest BCUT2D eigenvalue weighted by atomic mass is 14.6. The van der Waals surface area contributed by atoms with Crippen molar-refractivity contribution in [1.29, 1.82) is 0 Å². The summed E-state index contributed by atoms with van der Waals surface area (Å²) in [6.07, 6.45) is 19.8. The summed E-state index contributed by atoms with van der Waals surface area (Å²) in [6.45, 7) is 35.6. The fraction of sp³-hybridized carbons (Fsp3) is 0.689. The molecule has 0 heteroatoms. The molecule has 4 aliphatic carbocycles. The van der Waals surface area contributed by atoms with Gasteiger partial charge in [0.1, 0.15) is 0 Å². The van der Waals surface area contributed by atoms with E-state index in [9.17, 15) is 0 Å².